The average Bonchev–Trinajstić information content (AvgIpc) is 2.72. The monoisotopic (exact) mass is 278 g/mol. The third-order valence-corrected chi connectivity index (χ3v) is 6.45. The lowest BCUT2D eigenvalue weighted by Gasteiger charge is -2.39. The SMILES string of the molecule is CCNC(C)(C#N)CCOC1CC2CCC1(C)C2(C)C. The summed E-state index contributed by atoms with van der Waals surface area (Å²) in [6.07, 6.45) is 4.98. The second-order valence-corrected chi connectivity index (χ2v) is 7.69. The first kappa shape index (κ1) is 15.8. The molecule has 2 aliphatic carbocycles. The van der Waals surface area contributed by atoms with Crippen LogP contribution in [-0.2, 0) is 4.74 Å². The Morgan fingerprint density at radius 2 is 2.10 bits per heavy atom. The zero-order valence-electron chi connectivity index (χ0n) is 13.8. The Labute approximate surface area is 124 Å². The summed E-state index contributed by atoms with van der Waals surface area (Å²) in [5, 5.41) is 12.5. The van der Waals surface area contributed by atoms with Gasteiger partial charge in [-0.15, -0.1) is 0 Å². The first-order valence-electron chi connectivity index (χ1n) is 8.07. The molecule has 0 radical (unpaired) electrons. The van der Waals surface area contributed by atoms with E-state index >= 15 is 0 Å². The Bertz CT molecular complexity index is 400. The second kappa shape index (κ2) is 5.31. The van der Waals surface area contributed by atoms with Gasteiger partial charge >= 0.3 is 0 Å². The fourth-order valence-electron chi connectivity index (χ4n) is 4.36. The smallest absolute Gasteiger partial charge is 0.106 e. The van der Waals surface area contributed by atoms with E-state index in [1.54, 1.807) is 0 Å². The highest BCUT2D eigenvalue weighted by Crippen LogP contribution is 2.66. The van der Waals surface area contributed by atoms with E-state index in [9.17, 15) is 5.26 Å². The fourth-order valence-corrected chi connectivity index (χ4v) is 4.36. The van der Waals surface area contributed by atoms with Crippen molar-refractivity contribution in [2.75, 3.05) is 13.2 Å². The van der Waals surface area contributed by atoms with Gasteiger partial charge in [-0.3, -0.25) is 5.32 Å². The Morgan fingerprint density at radius 3 is 2.55 bits per heavy atom. The van der Waals surface area contributed by atoms with Crippen LogP contribution in [0.25, 0.3) is 0 Å². The molecule has 0 aromatic carbocycles. The Balaban J connectivity index is 1.89. The molecule has 3 heteroatoms. The molecule has 0 heterocycles. The van der Waals surface area contributed by atoms with E-state index < -0.39 is 5.54 Å². The van der Waals surface area contributed by atoms with Crippen LogP contribution in [0.1, 0.15) is 60.3 Å². The third-order valence-electron chi connectivity index (χ3n) is 6.45. The van der Waals surface area contributed by atoms with Crippen LogP contribution in [0.15, 0.2) is 0 Å². The van der Waals surface area contributed by atoms with Crippen molar-refractivity contribution in [2.45, 2.75) is 71.9 Å². The van der Waals surface area contributed by atoms with E-state index in [4.69, 9.17) is 4.74 Å². The van der Waals surface area contributed by atoms with Crippen molar-refractivity contribution in [2.24, 2.45) is 16.7 Å². The van der Waals surface area contributed by atoms with Crippen LogP contribution in [0.5, 0.6) is 0 Å². The van der Waals surface area contributed by atoms with Gasteiger partial charge in [0.15, 0.2) is 0 Å². The summed E-state index contributed by atoms with van der Waals surface area (Å²) in [7, 11) is 0. The summed E-state index contributed by atoms with van der Waals surface area (Å²) in [5.74, 6) is 0.814. The van der Waals surface area contributed by atoms with Crippen molar-refractivity contribution in [3.8, 4) is 6.07 Å². The van der Waals surface area contributed by atoms with E-state index in [2.05, 4.69) is 32.2 Å². The Hall–Kier alpha value is -0.590. The van der Waals surface area contributed by atoms with Crippen molar-refractivity contribution in [1.82, 2.24) is 5.32 Å². The molecule has 2 aliphatic rings. The number of hydrogen-bond donors (Lipinski definition) is 1. The molecule has 0 aliphatic heterocycles. The van der Waals surface area contributed by atoms with Gasteiger partial charge in [0, 0.05) is 13.0 Å². The first-order valence-corrected chi connectivity index (χ1v) is 8.07. The Morgan fingerprint density at radius 1 is 1.40 bits per heavy atom. The molecule has 114 valence electrons. The van der Waals surface area contributed by atoms with Gasteiger partial charge in [0.1, 0.15) is 5.54 Å². The van der Waals surface area contributed by atoms with Gasteiger partial charge in [0.25, 0.3) is 0 Å². The molecular formula is C17H30N2O. The maximum absolute atomic E-state index is 9.28. The van der Waals surface area contributed by atoms with Gasteiger partial charge in [-0.05, 0) is 49.5 Å². The number of ether oxygens (including phenoxy) is 1. The van der Waals surface area contributed by atoms with Gasteiger partial charge in [-0.1, -0.05) is 27.7 Å². The van der Waals surface area contributed by atoms with E-state index in [1.165, 1.54) is 19.3 Å². The molecule has 2 rings (SSSR count). The maximum atomic E-state index is 9.28. The quantitative estimate of drug-likeness (QED) is 0.809. The number of fused-ring (bicyclic) bond motifs is 2. The molecule has 20 heavy (non-hydrogen) atoms. The van der Waals surface area contributed by atoms with Crippen molar-refractivity contribution < 1.29 is 4.74 Å². The molecule has 0 saturated heterocycles. The molecule has 4 atom stereocenters. The molecule has 2 fully saturated rings. The average molecular weight is 278 g/mol. The summed E-state index contributed by atoms with van der Waals surface area (Å²) in [6.45, 7) is 12.7. The van der Waals surface area contributed by atoms with Crippen LogP contribution in [0.3, 0.4) is 0 Å². The molecule has 3 nitrogen and oxygen atoms in total. The molecule has 0 aromatic heterocycles. The molecule has 2 bridgehead atoms. The third kappa shape index (κ3) is 2.38. The highest BCUT2D eigenvalue weighted by Gasteiger charge is 2.61. The van der Waals surface area contributed by atoms with Crippen molar-refractivity contribution >= 4 is 0 Å². The highest BCUT2D eigenvalue weighted by molar-refractivity contribution is 5.11. The van der Waals surface area contributed by atoms with E-state index in [-0.39, 0.29) is 0 Å². The van der Waals surface area contributed by atoms with Crippen LogP contribution >= 0.6 is 0 Å². The molecular weight excluding hydrogens is 248 g/mol. The summed E-state index contributed by atoms with van der Waals surface area (Å²) >= 11 is 0. The fraction of sp³-hybridized carbons (Fsp3) is 0.941. The lowest BCUT2D eigenvalue weighted by molar-refractivity contribution is -0.0502. The van der Waals surface area contributed by atoms with Gasteiger partial charge in [-0.2, -0.15) is 5.26 Å². The van der Waals surface area contributed by atoms with Gasteiger partial charge in [-0.25, -0.2) is 0 Å². The van der Waals surface area contributed by atoms with Gasteiger partial charge < -0.3 is 4.74 Å². The number of nitrogens with zero attached hydrogens (tertiary/aromatic N) is 1. The predicted molar refractivity (Wildman–Crippen MR) is 81.3 cm³/mol. The van der Waals surface area contributed by atoms with Gasteiger partial charge in [0.2, 0.25) is 0 Å². The van der Waals surface area contributed by atoms with Crippen molar-refractivity contribution in [1.29, 1.82) is 5.26 Å². The lowest BCUT2D eigenvalue weighted by atomic mass is 9.70. The summed E-state index contributed by atoms with van der Waals surface area (Å²) in [5.41, 5.74) is 0.263. The lowest BCUT2D eigenvalue weighted by Crippen LogP contribution is -2.43. The van der Waals surface area contributed by atoms with Crippen LogP contribution in [0.4, 0.5) is 0 Å². The zero-order valence-corrected chi connectivity index (χ0v) is 13.8. The largest absolute Gasteiger partial charge is 0.378 e. The van der Waals surface area contributed by atoms with Crippen molar-refractivity contribution in [3.05, 3.63) is 0 Å². The van der Waals surface area contributed by atoms with E-state index in [0.29, 0.717) is 23.5 Å². The summed E-state index contributed by atoms with van der Waals surface area (Å²) in [6, 6.07) is 2.37. The predicted octanol–water partition coefficient (Wildman–Crippen LogP) is 3.50. The molecule has 1 N–H and O–H groups in total. The van der Waals surface area contributed by atoms with Crippen LogP contribution < -0.4 is 5.32 Å². The summed E-state index contributed by atoms with van der Waals surface area (Å²) < 4.78 is 6.23. The number of rotatable bonds is 6. The number of hydrogen-bond acceptors (Lipinski definition) is 3. The molecule has 4 unspecified atom stereocenters. The minimum atomic E-state index is -0.456. The second-order valence-electron chi connectivity index (χ2n) is 7.69. The maximum Gasteiger partial charge on any atom is 0.106 e. The minimum Gasteiger partial charge on any atom is -0.378 e. The normalized spacial score (nSPS) is 37.6. The van der Waals surface area contributed by atoms with E-state index in [0.717, 1.165) is 18.9 Å². The number of nitrogens with one attached hydrogen (secondary N) is 1. The standard InChI is InChI=1S/C17H30N2O/c1-6-19-16(4,12-18)9-10-20-14-11-13-7-8-17(14,5)15(13,2)3/h13-14,19H,6-11H2,1-5H3. The molecule has 0 aromatic rings. The Kier molecular flexibility index (Phi) is 4.19. The molecule has 2 saturated carbocycles. The zero-order chi connectivity index (χ0) is 15.0. The van der Waals surface area contributed by atoms with Crippen LogP contribution in [0.2, 0.25) is 0 Å². The molecule has 0 amide bonds. The van der Waals surface area contributed by atoms with Crippen LogP contribution in [-0.4, -0.2) is 24.8 Å². The minimum absolute atomic E-state index is 0.318. The summed E-state index contributed by atoms with van der Waals surface area (Å²) in [4.78, 5) is 0. The number of nitriles is 1. The van der Waals surface area contributed by atoms with Crippen LogP contribution in [0, 0.1) is 28.1 Å². The molecule has 0 spiro atoms. The van der Waals surface area contributed by atoms with Crippen molar-refractivity contribution in [3.63, 3.8) is 0 Å². The highest BCUT2D eigenvalue weighted by atomic mass is 16.5. The first-order chi connectivity index (χ1) is 9.29. The topological polar surface area (TPSA) is 45.0 Å². The van der Waals surface area contributed by atoms with Gasteiger partial charge in [0.05, 0.1) is 12.2 Å². The van der Waals surface area contributed by atoms with E-state index in [1.807, 2.05) is 13.8 Å².